The Morgan fingerprint density at radius 1 is 1.21 bits per heavy atom. The number of carbonyl (C=O) groups excluding carboxylic acids is 1. The summed E-state index contributed by atoms with van der Waals surface area (Å²) in [5.41, 5.74) is 9.64. The smallest absolute Gasteiger partial charge is 0.273 e. The second kappa shape index (κ2) is 7.55. The van der Waals surface area contributed by atoms with Gasteiger partial charge in [0.05, 0.1) is 11.8 Å². The minimum atomic E-state index is -0.191. The Balaban J connectivity index is 1.56. The topological polar surface area (TPSA) is 95.1 Å². The molecule has 0 unspecified atom stereocenters. The van der Waals surface area contributed by atoms with E-state index in [1.54, 1.807) is 18.6 Å². The van der Waals surface area contributed by atoms with Gasteiger partial charge in [-0.15, -0.1) is 0 Å². The van der Waals surface area contributed by atoms with Crippen LogP contribution in [0.1, 0.15) is 72.7 Å². The van der Waals surface area contributed by atoms with E-state index in [9.17, 15) is 4.79 Å². The Bertz CT molecular complexity index is 982. The van der Waals surface area contributed by atoms with E-state index in [4.69, 9.17) is 0 Å². The van der Waals surface area contributed by atoms with Crippen molar-refractivity contribution in [1.82, 2.24) is 25.7 Å². The Kier molecular flexibility index (Phi) is 4.75. The Morgan fingerprint density at radius 3 is 2.72 bits per heavy atom. The SMILES string of the molecule is CCNCCc1c(C2CC2)[nH]c(C=C2C(=O)NN=C2c2cnccn2)c1C1CC1. The highest BCUT2D eigenvalue weighted by Crippen LogP contribution is 2.49. The molecule has 0 bridgehead atoms. The highest BCUT2D eigenvalue weighted by molar-refractivity contribution is 6.32. The number of hydrogen-bond acceptors (Lipinski definition) is 5. The van der Waals surface area contributed by atoms with Crippen LogP contribution in [-0.4, -0.2) is 39.7 Å². The van der Waals surface area contributed by atoms with Crippen molar-refractivity contribution >= 4 is 17.7 Å². The molecular formula is C22H26N6O. The van der Waals surface area contributed by atoms with Crippen molar-refractivity contribution in [3.05, 3.63) is 52.4 Å². The number of hydrazone groups is 1. The van der Waals surface area contributed by atoms with Gasteiger partial charge < -0.3 is 10.3 Å². The van der Waals surface area contributed by atoms with Crippen molar-refractivity contribution in [2.24, 2.45) is 5.10 Å². The zero-order valence-corrected chi connectivity index (χ0v) is 16.7. The zero-order chi connectivity index (χ0) is 19.8. The van der Waals surface area contributed by atoms with Gasteiger partial charge in [0.2, 0.25) is 0 Å². The number of carbonyl (C=O) groups is 1. The molecule has 0 spiro atoms. The first-order chi connectivity index (χ1) is 14.3. The molecule has 2 fully saturated rings. The average Bonchev–Trinajstić information content (AvgIpc) is 3.67. The standard InChI is InChI=1S/C22H26N6O/c1-2-23-8-7-15-19(13-3-4-13)17(26-20(15)14-5-6-14)11-16-21(27-28-22(16)29)18-12-24-9-10-25-18/h9-14,23,26H,2-8H2,1H3,(H,28,29). The van der Waals surface area contributed by atoms with Crippen LogP contribution in [0.5, 0.6) is 0 Å². The van der Waals surface area contributed by atoms with Gasteiger partial charge in [-0.05, 0) is 74.2 Å². The van der Waals surface area contributed by atoms with E-state index < -0.39 is 0 Å². The molecule has 0 aromatic carbocycles. The molecule has 2 saturated carbocycles. The van der Waals surface area contributed by atoms with Gasteiger partial charge in [-0.25, -0.2) is 5.43 Å². The number of rotatable bonds is 8. The number of aromatic amines is 1. The Labute approximate surface area is 170 Å². The Morgan fingerprint density at radius 2 is 2.03 bits per heavy atom. The fraction of sp³-hybridized carbons (Fsp3) is 0.455. The van der Waals surface area contributed by atoms with Crippen LogP contribution < -0.4 is 10.7 Å². The third-order valence-electron chi connectivity index (χ3n) is 5.85. The third-order valence-corrected chi connectivity index (χ3v) is 5.85. The van der Waals surface area contributed by atoms with Crippen LogP contribution in [0.25, 0.3) is 6.08 Å². The molecule has 1 amide bonds. The normalized spacial score (nSPS) is 20.2. The molecule has 2 aromatic heterocycles. The molecule has 3 N–H and O–H groups in total. The molecule has 0 radical (unpaired) electrons. The van der Waals surface area contributed by atoms with Crippen molar-refractivity contribution in [2.45, 2.75) is 50.9 Å². The molecule has 3 aliphatic rings. The maximum atomic E-state index is 12.5. The first kappa shape index (κ1) is 18.2. The van der Waals surface area contributed by atoms with Crippen molar-refractivity contribution in [1.29, 1.82) is 0 Å². The van der Waals surface area contributed by atoms with Crippen LogP contribution in [-0.2, 0) is 11.2 Å². The summed E-state index contributed by atoms with van der Waals surface area (Å²) in [6, 6.07) is 0. The molecule has 3 heterocycles. The first-order valence-corrected chi connectivity index (χ1v) is 10.6. The van der Waals surface area contributed by atoms with Gasteiger partial charge in [-0.1, -0.05) is 6.92 Å². The van der Waals surface area contributed by atoms with Gasteiger partial charge in [0.1, 0.15) is 11.4 Å². The van der Waals surface area contributed by atoms with Crippen LogP contribution >= 0.6 is 0 Å². The summed E-state index contributed by atoms with van der Waals surface area (Å²) in [5.74, 6) is 1.05. The summed E-state index contributed by atoms with van der Waals surface area (Å²) >= 11 is 0. The number of likely N-dealkylation sites (N-methyl/N-ethyl adjacent to an activating group) is 1. The van der Waals surface area contributed by atoms with E-state index in [-0.39, 0.29) is 5.91 Å². The minimum Gasteiger partial charge on any atom is -0.358 e. The molecule has 0 saturated heterocycles. The molecule has 5 rings (SSSR count). The fourth-order valence-corrected chi connectivity index (χ4v) is 4.16. The van der Waals surface area contributed by atoms with Crippen molar-refractivity contribution < 1.29 is 4.79 Å². The number of nitrogens with zero attached hydrogens (tertiary/aromatic N) is 3. The average molecular weight is 390 g/mol. The first-order valence-electron chi connectivity index (χ1n) is 10.6. The predicted molar refractivity (Wildman–Crippen MR) is 112 cm³/mol. The molecule has 0 atom stereocenters. The third kappa shape index (κ3) is 3.62. The summed E-state index contributed by atoms with van der Waals surface area (Å²) in [5, 5.41) is 7.67. The van der Waals surface area contributed by atoms with E-state index >= 15 is 0 Å². The van der Waals surface area contributed by atoms with Crippen molar-refractivity contribution in [3.63, 3.8) is 0 Å². The molecule has 2 aliphatic carbocycles. The number of hydrogen-bond donors (Lipinski definition) is 3. The van der Waals surface area contributed by atoms with Gasteiger partial charge >= 0.3 is 0 Å². The lowest BCUT2D eigenvalue weighted by molar-refractivity contribution is -0.116. The van der Waals surface area contributed by atoms with E-state index in [0.717, 1.165) is 25.2 Å². The predicted octanol–water partition coefficient (Wildman–Crippen LogP) is 2.63. The number of nitrogens with one attached hydrogen (secondary N) is 3. The van der Waals surface area contributed by atoms with E-state index in [1.807, 2.05) is 6.08 Å². The maximum Gasteiger partial charge on any atom is 0.273 e. The monoisotopic (exact) mass is 390 g/mol. The van der Waals surface area contributed by atoms with Crippen LogP contribution in [0.4, 0.5) is 0 Å². The zero-order valence-electron chi connectivity index (χ0n) is 16.7. The van der Waals surface area contributed by atoms with Crippen LogP contribution in [0.15, 0.2) is 29.3 Å². The highest BCUT2D eigenvalue weighted by atomic mass is 16.2. The number of amides is 1. The minimum absolute atomic E-state index is 0.191. The molecule has 1 aliphatic heterocycles. The summed E-state index contributed by atoms with van der Waals surface area (Å²) in [4.78, 5) is 24.7. The lowest BCUT2D eigenvalue weighted by Crippen LogP contribution is -2.17. The van der Waals surface area contributed by atoms with Crippen molar-refractivity contribution in [2.75, 3.05) is 13.1 Å². The Hall–Kier alpha value is -2.80. The lowest BCUT2D eigenvalue weighted by atomic mass is 9.97. The van der Waals surface area contributed by atoms with Crippen molar-refractivity contribution in [3.8, 4) is 0 Å². The van der Waals surface area contributed by atoms with Gasteiger partial charge in [0, 0.05) is 23.8 Å². The van der Waals surface area contributed by atoms with E-state index in [0.29, 0.717) is 28.8 Å². The fourth-order valence-electron chi connectivity index (χ4n) is 4.16. The van der Waals surface area contributed by atoms with Gasteiger partial charge in [0.15, 0.2) is 0 Å². The lowest BCUT2D eigenvalue weighted by Gasteiger charge is -2.08. The quantitative estimate of drug-likeness (QED) is 0.477. The number of H-pyrrole nitrogens is 1. The molecular weight excluding hydrogens is 364 g/mol. The maximum absolute atomic E-state index is 12.5. The molecule has 7 heteroatoms. The summed E-state index contributed by atoms with van der Waals surface area (Å²) in [7, 11) is 0. The van der Waals surface area contributed by atoms with Crippen LogP contribution in [0.2, 0.25) is 0 Å². The summed E-state index contributed by atoms with van der Waals surface area (Å²) < 4.78 is 0. The van der Waals surface area contributed by atoms with Gasteiger partial charge in [0.25, 0.3) is 5.91 Å². The molecule has 29 heavy (non-hydrogen) atoms. The number of aromatic nitrogens is 3. The van der Waals surface area contributed by atoms with E-state index in [2.05, 4.69) is 37.7 Å². The largest absolute Gasteiger partial charge is 0.358 e. The highest BCUT2D eigenvalue weighted by Gasteiger charge is 2.36. The second-order valence-electron chi connectivity index (χ2n) is 8.05. The van der Waals surface area contributed by atoms with E-state index in [1.165, 1.54) is 42.5 Å². The van der Waals surface area contributed by atoms with Crippen LogP contribution in [0, 0.1) is 0 Å². The molecule has 7 nitrogen and oxygen atoms in total. The van der Waals surface area contributed by atoms with Crippen LogP contribution in [0.3, 0.4) is 0 Å². The molecule has 2 aromatic rings. The van der Waals surface area contributed by atoms with Gasteiger partial charge in [-0.3, -0.25) is 14.8 Å². The molecule has 150 valence electrons. The van der Waals surface area contributed by atoms with Gasteiger partial charge in [-0.2, -0.15) is 5.10 Å². The summed E-state index contributed by atoms with van der Waals surface area (Å²) in [6.07, 6.45) is 12.8. The second-order valence-corrected chi connectivity index (χ2v) is 8.05. The summed E-state index contributed by atoms with van der Waals surface area (Å²) in [6.45, 7) is 4.11.